The number of fused-ring (bicyclic) bond motifs is 5. The molecule has 3 fully saturated rings. The molecule has 4 rings (SSSR count). The van der Waals surface area contributed by atoms with Gasteiger partial charge in [0, 0.05) is 0 Å². The normalized spacial score (nSPS) is 55.0. The molecule has 0 radical (unpaired) electrons. The molecule has 0 heterocycles. The fourth-order valence-corrected chi connectivity index (χ4v) is 7.50. The Morgan fingerprint density at radius 1 is 1.04 bits per heavy atom. The van der Waals surface area contributed by atoms with Gasteiger partial charge in [-0.1, -0.05) is 19.9 Å². The first-order valence-corrected chi connectivity index (χ1v) is 9.96. The molecule has 0 spiro atoms. The van der Waals surface area contributed by atoms with Crippen LogP contribution >= 0.6 is 0 Å². The number of aliphatic hydroxyl groups excluding tert-OH is 3. The first-order chi connectivity index (χ1) is 11.7. The summed E-state index contributed by atoms with van der Waals surface area (Å²) >= 11 is 0. The molecule has 0 aromatic carbocycles. The first kappa shape index (κ1) is 17.7. The third-order valence-electron chi connectivity index (χ3n) is 8.71. The number of rotatable bonds is 1. The van der Waals surface area contributed by atoms with Crippen LogP contribution in [-0.2, 0) is 4.79 Å². The molecule has 4 aliphatic carbocycles. The van der Waals surface area contributed by atoms with Gasteiger partial charge in [-0.2, -0.15) is 0 Å². The lowest BCUT2D eigenvalue weighted by molar-refractivity contribution is -0.205. The second-order valence-electron chi connectivity index (χ2n) is 9.68. The van der Waals surface area contributed by atoms with Crippen LogP contribution in [-0.4, -0.2) is 39.4 Å². The number of carbonyl (C=O) groups excluding carboxylic acids is 1. The highest BCUT2D eigenvalue weighted by molar-refractivity contribution is 5.95. The van der Waals surface area contributed by atoms with Crippen molar-refractivity contribution in [2.75, 3.05) is 0 Å². The SMILES string of the molecule is CC(=O)C1=CC[C@@H]2[C@H]3CC[C@@H]4[C@@H](O)[C@H](O)[C@@H](O)C[C@]4(C)[C@@H]3CC[C@]12C. The molecule has 4 nitrogen and oxygen atoms in total. The molecule has 3 N–H and O–H groups in total. The molecule has 25 heavy (non-hydrogen) atoms. The van der Waals surface area contributed by atoms with Crippen LogP contribution in [0.1, 0.15) is 59.3 Å². The van der Waals surface area contributed by atoms with Crippen molar-refractivity contribution in [3.05, 3.63) is 11.6 Å². The number of ketones is 1. The Hall–Kier alpha value is -0.710. The average Bonchev–Trinajstić information content (AvgIpc) is 2.90. The van der Waals surface area contributed by atoms with Crippen molar-refractivity contribution in [1.29, 1.82) is 0 Å². The topological polar surface area (TPSA) is 77.8 Å². The van der Waals surface area contributed by atoms with Crippen molar-refractivity contribution in [2.24, 2.45) is 34.5 Å². The Morgan fingerprint density at radius 3 is 2.44 bits per heavy atom. The minimum absolute atomic E-state index is 0.00160. The molecule has 4 heteroatoms. The second kappa shape index (κ2) is 5.64. The molecule has 0 unspecified atom stereocenters. The largest absolute Gasteiger partial charge is 0.390 e. The van der Waals surface area contributed by atoms with Gasteiger partial charge >= 0.3 is 0 Å². The summed E-state index contributed by atoms with van der Waals surface area (Å²) in [5.74, 6) is 1.79. The lowest BCUT2D eigenvalue weighted by Gasteiger charge is -2.62. The summed E-state index contributed by atoms with van der Waals surface area (Å²) in [6.45, 7) is 6.19. The Labute approximate surface area is 150 Å². The van der Waals surface area contributed by atoms with Crippen molar-refractivity contribution in [2.45, 2.75) is 77.6 Å². The molecule has 9 atom stereocenters. The zero-order valence-corrected chi connectivity index (χ0v) is 15.6. The van der Waals surface area contributed by atoms with Crippen molar-refractivity contribution in [3.8, 4) is 0 Å². The van der Waals surface area contributed by atoms with Gasteiger partial charge in [0.15, 0.2) is 5.78 Å². The van der Waals surface area contributed by atoms with E-state index in [4.69, 9.17) is 0 Å². The van der Waals surface area contributed by atoms with Crippen molar-refractivity contribution in [1.82, 2.24) is 0 Å². The van der Waals surface area contributed by atoms with Gasteiger partial charge in [0.05, 0.1) is 12.2 Å². The van der Waals surface area contributed by atoms with Gasteiger partial charge in [0.2, 0.25) is 0 Å². The summed E-state index contributed by atoms with van der Waals surface area (Å²) in [7, 11) is 0. The fourth-order valence-electron chi connectivity index (χ4n) is 7.50. The van der Waals surface area contributed by atoms with E-state index in [1.54, 1.807) is 6.92 Å². The van der Waals surface area contributed by atoms with Gasteiger partial charge in [-0.15, -0.1) is 0 Å². The zero-order valence-electron chi connectivity index (χ0n) is 15.6. The number of hydrogen-bond acceptors (Lipinski definition) is 4. The maximum atomic E-state index is 12.1. The van der Waals surface area contributed by atoms with E-state index in [1.165, 1.54) is 0 Å². The van der Waals surface area contributed by atoms with E-state index in [-0.39, 0.29) is 22.5 Å². The molecule has 0 aromatic heterocycles. The monoisotopic (exact) mass is 348 g/mol. The van der Waals surface area contributed by atoms with Crippen molar-refractivity contribution >= 4 is 5.78 Å². The lowest BCUT2D eigenvalue weighted by Crippen LogP contribution is -2.61. The van der Waals surface area contributed by atoms with Gasteiger partial charge in [-0.25, -0.2) is 0 Å². The smallest absolute Gasteiger partial charge is 0.156 e. The molecule has 0 bridgehead atoms. The summed E-state index contributed by atoms with van der Waals surface area (Å²) in [6.07, 6.45) is 5.10. The van der Waals surface area contributed by atoms with Crippen LogP contribution in [0.25, 0.3) is 0 Å². The highest BCUT2D eigenvalue weighted by Crippen LogP contribution is 2.66. The Morgan fingerprint density at radius 2 is 1.76 bits per heavy atom. The quantitative estimate of drug-likeness (QED) is 0.680. The van der Waals surface area contributed by atoms with E-state index < -0.39 is 18.3 Å². The van der Waals surface area contributed by atoms with Gasteiger partial charge in [-0.3, -0.25) is 4.79 Å². The molecular weight excluding hydrogens is 316 g/mol. The molecule has 4 aliphatic rings. The lowest BCUT2D eigenvalue weighted by atomic mass is 9.44. The van der Waals surface area contributed by atoms with E-state index in [2.05, 4.69) is 19.9 Å². The third-order valence-corrected chi connectivity index (χ3v) is 8.71. The van der Waals surface area contributed by atoms with Crippen molar-refractivity contribution in [3.63, 3.8) is 0 Å². The van der Waals surface area contributed by atoms with E-state index in [0.717, 1.165) is 37.7 Å². The predicted octanol–water partition coefficient (Wildman–Crippen LogP) is 2.46. The number of aliphatic hydroxyl groups is 3. The predicted molar refractivity (Wildman–Crippen MR) is 94.7 cm³/mol. The Balaban J connectivity index is 1.65. The van der Waals surface area contributed by atoms with E-state index in [0.29, 0.717) is 24.2 Å². The number of carbonyl (C=O) groups is 1. The summed E-state index contributed by atoms with van der Waals surface area (Å²) in [5.41, 5.74) is 0.908. The molecule has 0 aromatic rings. The second-order valence-corrected chi connectivity index (χ2v) is 9.68. The van der Waals surface area contributed by atoms with Crippen LogP contribution in [0.15, 0.2) is 11.6 Å². The summed E-state index contributed by atoms with van der Waals surface area (Å²) in [5, 5.41) is 31.1. The number of Topliss-reactive ketones (excluding diaryl/α,β-unsaturated/α-hetero) is 1. The van der Waals surface area contributed by atoms with Crippen molar-refractivity contribution < 1.29 is 20.1 Å². The van der Waals surface area contributed by atoms with Gasteiger partial charge in [-0.05, 0) is 85.5 Å². The van der Waals surface area contributed by atoms with Gasteiger partial charge < -0.3 is 15.3 Å². The maximum absolute atomic E-state index is 12.1. The molecule has 0 aliphatic heterocycles. The van der Waals surface area contributed by atoms with Crippen LogP contribution in [0, 0.1) is 34.5 Å². The van der Waals surface area contributed by atoms with Gasteiger partial charge in [0.1, 0.15) is 6.10 Å². The third kappa shape index (κ3) is 2.26. The van der Waals surface area contributed by atoms with E-state index in [9.17, 15) is 20.1 Å². The molecule has 0 saturated heterocycles. The first-order valence-electron chi connectivity index (χ1n) is 9.96. The molecular formula is C21H32O4. The summed E-state index contributed by atoms with van der Waals surface area (Å²) in [6, 6.07) is 0. The van der Waals surface area contributed by atoms with Crippen LogP contribution in [0.3, 0.4) is 0 Å². The highest BCUT2D eigenvalue weighted by Gasteiger charge is 2.61. The highest BCUT2D eigenvalue weighted by atomic mass is 16.4. The molecule has 0 amide bonds. The average molecular weight is 348 g/mol. The van der Waals surface area contributed by atoms with Gasteiger partial charge in [0.25, 0.3) is 0 Å². The number of allylic oxidation sites excluding steroid dienone is 2. The minimum atomic E-state index is -1.01. The standard InChI is InChI=1S/C21H32O4/c1-11(22)13-6-7-14-12-4-5-16-18(24)19(25)17(23)10-21(16,3)15(12)8-9-20(13,14)2/h6,12,14-19,23-25H,4-5,7-10H2,1-3H3/t12-,14-,15-,16-,17+,18-,19-,20-,21-/m1/s1. The molecule has 3 saturated carbocycles. The van der Waals surface area contributed by atoms with Crippen LogP contribution in [0.5, 0.6) is 0 Å². The van der Waals surface area contributed by atoms with E-state index >= 15 is 0 Å². The zero-order chi connectivity index (χ0) is 18.1. The number of hydrogen-bond donors (Lipinski definition) is 3. The summed E-state index contributed by atoms with van der Waals surface area (Å²) in [4.78, 5) is 12.1. The van der Waals surface area contributed by atoms with Crippen LogP contribution in [0.2, 0.25) is 0 Å². The van der Waals surface area contributed by atoms with Crippen LogP contribution in [0.4, 0.5) is 0 Å². The summed E-state index contributed by atoms with van der Waals surface area (Å²) < 4.78 is 0. The molecule has 140 valence electrons. The fraction of sp³-hybridized carbons (Fsp3) is 0.857. The maximum Gasteiger partial charge on any atom is 0.156 e. The Kier molecular flexibility index (Phi) is 3.99. The minimum Gasteiger partial charge on any atom is -0.390 e. The van der Waals surface area contributed by atoms with Crippen LogP contribution < -0.4 is 0 Å². The Bertz CT molecular complexity index is 613. The van der Waals surface area contributed by atoms with E-state index in [1.807, 2.05) is 0 Å².